The molecule has 0 saturated carbocycles. The van der Waals surface area contributed by atoms with E-state index < -0.39 is 38.5 Å². The Balaban J connectivity index is 0.00000225. The van der Waals surface area contributed by atoms with E-state index in [2.05, 4.69) is 19.5 Å². The van der Waals surface area contributed by atoms with E-state index in [1.807, 2.05) is 0 Å². The van der Waals surface area contributed by atoms with Crippen molar-refractivity contribution in [3.05, 3.63) is 12.7 Å². The molecule has 2 aromatic rings. The molecule has 1 fully saturated rings. The van der Waals surface area contributed by atoms with Gasteiger partial charge in [0.05, 0.1) is 12.9 Å². The third-order valence-electron chi connectivity index (χ3n) is 3.89. The van der Waals surface area contributed by atoms with Crippen LogP contribution in [0.2, 0.25) is 0 Å². The zero-order valence-corrected chi connectivity index (χ0v) is 13.3. The van der Waals surface area contributed by atoms with E-state index in [-0.39, 0.29) is 41.0 Å². The SMILES string of the molecule is C[C@@]1(n2cnc3c(N)ncnc32)O[C@H](COP(=O)(O)O)[C@@H](O)[C@H]1O.[NaH]. The van der Waals surface area contributed by atoms with Gasteiger partial charge in [-0.05, 0) is 6.92 Å². The Morgan fingerprint density at radius 2 is 2.08 bits per heavy atom. The van der Waals surface area contributed by atoms with E-state index in [1.165, 1.54) is 24.1 Å². The molecule has 0 radical (unpaired) electrons. The van der Waals surface area contributed by atoms with Crippen LogP contribution in [0.3, 0.4) is 0 Å². The van der Waals surface area contributed by atoms with Crippen LogP contribution in [0.4, 0.5) is 5.82 Å². The molecule has 0 spiro atoms. The number of nitrogens with two attached hydrogens (primary N) is 1. The monoisotopic (exact) mass is 385 g/mol. The first-order valence-electron chi connectivity index (χ1n) is 6.81. The van der Waals surface area contributed by atoms with Crippen LogP contribution in [0.5, 0.6) is 0 Å². The number of phosphoric ester groups is 1. The molecular weight excluding hydrogens is 368 g/mol. The first kappa shape index (κ1) is 20.6. The summed E-state index contributed by atoms with van der Waals surface area (Å²) in [4.78, 5) is 29.4. The van der Waals surface area contributed by atoms with Gasteiger partial charge in [0.2, 0.25) is 0 Å². The van der Waals surface area contributed by atoms with Crippen molar-refractivity contribution in [2.45, 2.75) is 31.0 Å². The molecule has 0 bridgehead atoms. The van der Waals surface area contributed by atoms with Gasteiger partial charge in [-0.15, -0.1) is 0 Å². The number of aliphatic hydroxyl groups excluding tert-OH is 2. The quantitative estimate of drug-likeness (QED) is 0.280. The summed E-state index contributed by atoms with van der Waals surface area (Å²) in [6.07, 6.45) is -1.52. The van der Waals surface area contributed by atoms with Crippen molar-refractivity contribution in [2.75, 3.05) is 12.3 Å². The molecule has 14 heteroatoms. The standard InChI is InChI=1S/C11H16N5O7P.Na.H/c1-11(16-4-15-6-9(12)13-3-14-10(6)16)8(18)7(17)5(23-11)2-22-24(19,20)21;;/h3-5,7-8,17-18H,2H2,1H3,(H2,12,13,14)(H2,19,20,21);;/t5-,7-,8-,11-;;/m1../s1. The van der Waals surface area contributed by atoms with Crippen molar-refractivity contribution in [3.63, 3.8) is 0 Å². The van der Waals surface area contributed by atoms with Gasteiger partial charge in [0.25, 0.3) is 0 Å². The van der Waals surface area contributed by atoms with Crippen LogP contribution < -0.4 is 5.73 Å². The molecular formula is C11H17N5NaO7P. The number of ether oxygens (including phenoxy) is 1. The second-order valence-electron chi connectivity index (χ2n) is 5.48. The summed E-state index contributed by atoms with van der Waals surface area (Å²) in [5, 5.41) is 20.5. The van der Waals surface area contributed by atoms with E-state index in [0.717, 1.165) is 0 Å². The third kappa shape index (κ3) is 3.74. The van der Waals surface area contributed by atoms with Gasteiger partial charge in [-0.1, -0.05) is 0 Å². The van der Waals surface area contributed by atoms with E-state index in [4.69, 9.17) is 20.3 Å². The van der Waals surface area contributed by atoms with Gasteiger partial charge in [-0.2, -0.15) is 0 Å². The van der Waals surface area contributed by atoms with Gasteiger partial charge in [-0.25, -0.2) is 19.5 Å². The zero-order valence-electron chi connectivity index (χ0n) is 12.4. The van der Waals surface area contributed by atoms with Crippen molar-refractivity contribution < 1.29 is 33.8 Å². The number of fused-ring (bicyclic) bond motifs is 1. The van der Waals surface area contributed by atoms with E-state index in [0.29, 0.717) is 5.52 Å². The van der Waals surface area contributed by atoms with Crippen molar-refractivity contribution in [1.82, 2.24) is 19.5 Å². The molecule has 1 aliphatic rings. The number of hydrogen-bond donors (Lipinski definition) is 5. The Morgan fingerprint density at radius 1 is 1.40 bits per heavy atom. The van der Waals surface area contributed by atoms with Crippen LogP contribution in [0.1, 0.15) is 6.92 Å². The molecule has 0 unspecified atom stereocenters. The maximum atomic E-state index is 10.8. The van der Waals surface area contributed by atoms with Crippen LogP contribution in [0.25, 0.3) is 11.2 Å². The molecule has 25 heavy (non-hydrogen) atoms. The fourth-order valence-corrected chi connectivity index (χ4v) is 2.99. The summed E-state index contributed by atoms with van der Waals surface area (Å²) in [6, 6.07) is 0. The van der Waals surface area contributed by atoms with Gasteiger partial charge in [0, 0.05) is 0 Å². The molecule has 0 amide bonds. The Hall–Kier alpha value is -0.660. The number of rotatable bonds is 4. The minimum atomic E-state index is -4.74. The predicted octanol–water partition coefficient (Wildman–Crippen LogP) is -2.34. The molecule has 1 aliphatic heterocycles. The van der Waals surface area contributed by atoms with Crippen LogP contribution in [-0.2, 0) is 19.6 Å². The van der Waals surface area contributed by atoms with Gasteiger partial charge in [0.15, 0.2) is 17.2 Å². The number of anilines is 1. The van der Waals surface area contributed by atoms with Gasteiger partial charge >= 0.3 is 37.4 Å². The van der Waals surface area contributed by atoms with Crippen molar-refractivity contribution in [2.24, 2.45) is 0 Å². The number of hydrogen-bond acceptors (Lipinski definition) is 9. The number of aliphatic hydroxyl groups is 2. The molecule has 134 valence electrons. The minimum absolute atomic E-state index is 0. The van der Waals surface area contributed by atoms with Crippen LogP contribution in [0, 0.1) is 0 Å². The first-order valence-corrected chi connectivity index (χ1v) is 8.34. The van der Waals surface area contributed by atoms with Gasteiger partial charge in [-0.3, -0.25) is 9.09 Å². The van der Waals surface area contributed by atoms with Gasteiger partial charge in [0.1, 0.15) is 30.2 Å². The van der Waals surface area contributed by atoms with E-state index in [1.54, 1.807) is 0 Å². The second-order valence-corrected chi connectivity index (χ2v) is 6.72. The van der Waals surface area contributed by atoms with Crippen molar-refractivity contribution >= 4 is 54.4 Å². The number of aromatic nitrogens is 4. The summed E-state index contributed by atoms with van der Waals surface area (Å²) in [5.41, 5.74) is 4.77. The Labute approximate surface area is 163 Å². The average molecular weight is 385 g/mol. The fourth-order valence-electron chi connectivity index (χ4n) is 2.65. The van der Waals surface area contributed by atoms with E-state index >= 15 is 0 Å². The maximum absolute atomic E-state index is 10.8. The molecule has 2 aromatic heterocycles. The Morgan fingerprint density at radius 3 is 2.72 bits per heavy atom. The predicted molar refractivity (Wildman–Crippen MR) is 85.4 cm³/mol. The topological polar surface area (TPSA) is 186 Å². The molecule has 12 nitrogen and oxygen atoms in total. The Bertz CT molecular complexity index is 815. The van der Waals surface area contributed by atoms with Crippen molar-refractivity contribution in [1.29, 1.82) is 0 Å². The first-order chi connectivity index (χ1) is 11.1. The molecule has 0 aromatic carbocycles. The third-order valence-corrected chi connectivity index (χ3v) is 4.38. The zero-order chi connectivity index (χ0) is 17.7. The van der Waals surface area contributed by atoms with Crippen LogP contribution in [-0.4, -0.2) is 94.0 Å². The molecule has 3 heterocycles. The Kier molecular flexibility index (Phi) is 5.91. The van der Waals surface area contributed by atoms with Crippen LogP contribution in [0.15, 0.2) is 12.7 Å². The van der Waals surface area contributed by atoms with Crippen molar-refractivity contribution in [3.8, 4) is 0 Å². The average Bonchev–Trinajstić information content (AvgIpc) is 3.02. The molecule has 4 atom stereocenters. The second kappa shape index (κ2) is 7.16. The fraction of sp³-hybridized carbons (Fsp3) is 0.545. The summed E-state index contributed by atoms with van der Waals surface area (Å²) in [6.45, 7) is 0.861. The summed E-state index contributed by atoms with van der Waals surface area (Å²) in [5.74, 6) is 0.136. The number of nitrogen functional groups attached to an aromatic ring is 1. The number of nitrogens with zero attached hydrogens (tertiary/aromatic N) is 4. The van der Waals surface area contributed by atoms with Gasteiger partial charge < -0.3 is 30.5 Å². The molecule has 1 saturated heterocycles. The van der Waals surface area contributed by atoms with E-state index in [9.17, 15) is 14.8 Å². The summed E-state index contributed by atoms with van der Waals surface area (Å²) >= 11 is 0. The summed E-state index contributed by atoms with van der Waals surface area (Å²) in [7, 11) is -4.74. The summed E-state index contributed by atoms with van der Waals surface area (Å²) < 4.78 is 22.1. The normalized spacial score (nSPS) is 29.7. The van der Waals surface area contributed by atoms with Crippen LogP contribution >= 0.6 is 7.82 Å². The number of imidazole rings is 1. The molecule has 0 aliphatic carbocycles. The number of phosphoric acid groups is 1. The molecule has 3 rings (SSSR count). The molecule has 6 N–H and O–H groups in total.